The first-order chi connectivity index (χ1) is 14.0. The van der Waals surface area contributed by atoms with Crippen LogP contribution in [0.1, 0.15) is 11.1 Å². The third-order valence-electron chi connectivity index (χ3n) is 4.87. The largest absolute Gasteiger partial charge is 0.504 e. The number of cyclic esters (lactones) is 1. The van der Waals surface area contributed by atoms with Gasteiger partial charge in [0.2, 0.25) is 5.75 Å². The average molecular weight is 403 g/mol. The molecule has 0 saturated carbocycles. The Balaban J connectivity index is 1.80. The number of phenolic OH excluding ortho intramolecular Hbond substituents is 1. The van der Waals surface area contributed by atoms with Crippen molar-refractivity contribution in [2.24, 2.45) is 0 Å². The quantitative estimate of drug-likeness (QED) is 0.725. The Hall–Kier alpha value is -3.29. The van der Waals surface area contributed by atoms with Crippen LogP contribution in [0, 0.1) is 0 Å². The summed E-state index contributed by atoms with van der Waals surface area (Å²) in [5, 5.41) is 10.2. The maximum Gasteiger partial charge on any atom is 0.410 e. The van der Waals surface area contributed by atoms with Crippen LogP contribution in [0.4, 0.5) is 4.79 Å². The molecule has 0 bridgehead atoms. The van der Waals surface area contributed by atoms with Gasteiger partial charge in [0.15, 0.2) is 23.0 Å². The van der Waals surface area contributed by atoms with E-state index in [1.165, 1.54) is 14.2 Å². The van der Waals surface area contributed by atoms with Crippen LogP contribution in [0.3, 0.4) is 0 Å². The number of benzene rings is 2. The minimum atomic E-state index is -0.398. The molecule has 8 heteroatoms. The molecular formula is C21H25NO7. The molecule has 156 valence electrons. The van der Waals surface area contributed by atoms with Gasteiger partial charge in [0.1, 0.15) is 6.61 Å². The summed E-state index contributed by atoms with van der Waals surface area (Å²) in [6, 6.07) is 8.79. The van der Waals surface area contributed by atoms with E-state index in [0.29, 0.717) is 29.2 Å². The number of carbonyl (C=O) groups is 1. The standard InChI is InChI=1S/C21H25NO7/c1-25-17-6-5-13(9-18(17)26-2)7-15-12-29-21(24)22(15)11-14-8-16(23)20(28-4)19(10-14)27-3/h5-6,8-10,15,23H,7,11-12H2,1-4H3. The molecule has 0 aromatic heterocycles. The molecule has 1 aliphatic rings. The molecule has 1 N–H and O–H groups in total. The molecule has 1 amide bonds. The van der Waals surface area contributed by atoms with Crippen LogP contribution in [0.25, 0.3) is 0 Å². The van der Waals surface area contributed by atoms with Gasteiger partial charge in [-0.3, -0.25) is 4.90 Å². The topological polar surface area (TPSA) is 86.7 Å². The Morgan fingerprint density at radius 3 is 2.31 bits per heavy atom. The van der Waals surface area contributed by atoms with Gasteiger partial charge in [-0.2, -0.15) is 0 Å². The van der Waals surface area contributed by atoms with Gasteiger partial charge in [-0.25, -0.2) is 4.79 Å². The van der Waals surface area contributed by atoms with Crippen molar-refractivity contribution in [3.63, 3.8) is 0 Å². The lowest BCUT2D eigenvalue weighted by Gasteiger charge is -2.22. The van der Waals surface area contributed by atoms with Crippen LogP contribution < -0.4 is 18.9 Å². The third-order valence-corrected chi connectivity index (χ3v) is 4.87. The van der Waals surface area contributed by atoms with Crippen molar-refractivity contribution in [1.29, 1.82) is 0 Å². The van der Waals surface area contributed by atoms with Gasteiger partial charge in [-0.15, -0.1) is 0 Å². The van der Waals surface area contributed by atoms with E-state index in [2.05, 4.69) is 0 Å². The van der Waals surface area contributed by atoms with Crippen LogP contribution in [0.5, 0.6) is 28.7 Å². The molecule has 1 atom stereocenters. The predicted octanol–water partition coefficient (Wildman–Crippen LogP) is 2.99. The zero-order chi connectivity index (χ0) is 21.0. The van der Waals surface area contributed by atoms with E-state index >= 15 is 0 Å². The lowest BCUT2D eigenvalue weighted by atomic mass is 10.0. The highest BCUT2D eigenvalue weighted by Gasteiger charge is 2.33. The van der Waals surface area contributed by atoms with Crippen LogP contribution >= 0.6 is 0 Å². The average Bonchev–Trinajstić information content (AvgIpc) is 3.06. The summed E-state index contributed by atoms with van der Waals surface area (Å²) in [6.07, 6.45) is 0.190. The summed E-state index contributed by atoms with van der Waals surface area (Å²) in [6.45, 7) is 0.553. The number of amides is 1. The van der Waals surface area contributed by atoms with Crippen molar-refractivity contribution in [2.45, 2.75) is 19.0 Å². The Kier molecular flexibility index (Phi) is 6.21. The zero-order valence-corrected chi connectivity index (χ0v) is 16.9. The van der Waals surface area contributed by atoms with Crippen molar-refractivity contribution in [1.82, 2.24) is 4.90 Å². The van der Waals surface area contributed by atoms with E-state index in [4.69, 9.17) is 23.7 Å². The molecule has 0 aliphatic carbocycles. The fourth-order valence-corrected chi connectivity index (χ4v) is 3.42. The third kappa shape index (κ3) is 4.26. The fourth-order valence-electron chi connectivity index (χ4n) is 3.42. The summed E-state index contributed by atoms with van der Waals surface area (Å²) in [4.78, 5) is 13.9. The second-order valence-corrected chi connectivity index (χ2v) is 6.60. The predicted molar refractivity (Wildman–Crippen MR) is 105 cm³/mol. The smallest absolute Gasteiger partial charge is 0.410 e. The van der Waals surface area contributed by atoms with Gasteiger partial charge in [0.05, 0.1) is 34.5 Å². The molecular weight excluding hydrogens is 378 g/mol. The van der Waals surface area contributed by atoms with Crippen molar-refractivity contribution >= 4 is 6.09 Å². The van der Waals surface area contributed by atoms with Gasteiger partial charge in [-0.1, -0.05) is 6.07 Å². The minimum absolute atomic E-state index is 0.0501. The first-order valence-electron chi connectivity index (χ1n) is 9.08. The molecule has 1 heterocycles. The highest BCUT2D eigenvalue weighted by molar-refractivity contribution is 5.70. The molecule has 2 aromatic carbocycles. The molecule has 8 nitrogen and oxygen atoms in total. The molecule has 1 aliphatic heterocycles. The highest BCUT2D eigenvalue weighted by atomic mass is 16.6. The summed E-state index contributed by atoms with van der Waals surface area (Å²) >= 11 is 0. The van der Waals surface area contributed by atoms with Crippen molar-refractivity contribution in [3.8, 4) is 28.7 Å². The van der Waals surface area contributed by atoms with E-state index in [1.54, 1.807) is 31.3 Å². The van der Waals surface area contributed by atoms with Crippen molar-refractivity contribution in [2.75, 3.05) is 35.0 Å². The number of rotatable bonds is 8. The molecule has 0 radical (unpaired) electrons. The summed E-state index contributed by atoms with van der Waals surface area (Å²) < 4.78 is 26.3. The van der Waals surface area contributed by atoms with E-state index in [1.807, 2.05) is 18.2 Å². The maximum absolute atomic E-state index is 12.3. The van der Waals surface area contributed by atoms with Crippen molar-refractivity contribution in [3.05, 3.63) is 41.5 Å². The van der Waals surface area contributed by atoms with Crippen LogP contribution in [-0.4, -0.2) is 57.2 Å². The normalized spacial score (nSPS) is 15.8. The van der Waals surface area contributed by atoms with E-state index < -0.39 is 6.09 Å². The minimum Gasteiger partial charge on any atom is -0.504 e. The Morgan fingerprint density at radius 2 is 1.66 bits per heavy atom. The SMILES string of the molecule is COc1ccc(CC2COC(=O)N2Cc2cc(O)c(OC)c(OC)c2)cc1OC. The molecule has 29 heavy (non-hydrogen) atoms. The van der Waals surface area contributed by atoms with Crippen LogP contribution in [0.2, 0.25) is 0 Å². The molecule has 1 unspecified atom stereocenters. The lowest BCUT2D eigenvalue weighted by molar-refractivity contribution is 0.156. The molecule has 0 spiro atoms. The number of phenols is 1. The Morgan fingerprint density at radius 1 is 0.966 bits per heavy atom. The number of carbonyl (C=O) groups excluding carboxylic acids is 1. The summed E-state index contributed by atoms with van der Waals surface area (Å²) in [7, 11) is 6.11. The Labute approximate surface area is 169 Å². The second-order valence-electron chi connectivity index (χ2n) is 6.60. The number of ether oxygens (including phenoxy) is 5. The van der Waals surface area contributed by atoms with Gasteiger partial charge in [0.25, 0.3) is 0 Å². The molecule has 1 fully saturated rings. The van der Waals surface area contributed by atoms with Gasteiger partial charge >= 0.3 is 6.09 Å². The van der Waals surface area contributed by atoms with Crippen molar-refractivity contribution < 1.29 is 33.6 Å². The molecule has 1 saturated heterocycles. The number of methoxy groups -OCH3 is 4. The van der Waals surface area contributed by atoms with E-state index in [0.717, 1.165) is 5.56 Å². The first-order valence-corrected chi connectivity index (χ1v) is 9.08. The fraction of sp³-hybridized carbons (Fsp3) is 0.381. The maximum atomic E-state index is 12.3. The number of nitrogens with zero attached hydrogens (tertiary/aromatic N) is 1. The van der Waals surface area contributed by atoms with Crippen LogP contribution in [-0.2, 0) is 17.7 Å². The summed E-state index contributed by atoms with van der Waals surface area (Å²) in [5.41, 5.74) is 1.70. The first kappa shape index (κ1) is 20.4. The number of aromatic hydroxyl groups is 1. The van der Waals surface area contributed by atoms with Gasteiger partial charge in [-0.05, 0) is 41.8 Å². The monoisotopic (exact) mass is 403 g/mol. The summed E-state index contributed by atoms with van der Waals surface area (Å²) in [5.74, 6) is 1.87. The number of hydrogen-bond donors (Lipinski definition) is 1. The van der Waals surface area contributed by atoms with Gasteiger partial charge < -0.3 is 28.8 Å². The molecule has 2 aromatic rings. The second kappa shape index (κ2) is 8.81. The zero-order valence-electron chi connectivity index (χ0n) is 16.9. The highest BCUT2D eigenvalue weighted by Crippen LogP contribution is 2.38. The van der Waals surface area contributed by atoms with Gasteiger partial charge in [0, 0.05) is 6.54 Å². The van der Waals surface area contributed by atoms with E-state index in [9.17, 15) is 9.90 Å². The lowest BCUT2D eigenvalue weighted by Crippen LogP contribution is -2.34. The number of hydrogen-bond acceptors (Lipinski definition) is 7. The molecule has 3 rings (SSSR count). The van der Waals surface area contributed by atoms with E-state index in [-0.39, 0.29) is 30.7 Å². The Bertz CT molecular complexity index is 884. The van der Waals surface area contributed by atoms with Crippen LogP contribution in [0.15, 0.2) is 30.3 Å².